The lowest BCUT2D eigenvalue weighted by Gasteiger charge is -2.41. The lowest BCUT2D eigenvalue weighted by atomic mass is 9.77. The van der Waals surface area contributed by atoms with E-state index in [9.17, 15) is 5.11 Å². The molecule has 0 atom stereocenters. The molecule has 0 saturated heterocycles. The zero-order chi connectivity index (χ0) is 17.4. The van der Waals surface area contributed by atoms with Crippen LogP contribution in [0.3, 0.4) is 0 Å². The van der Waals surface area contributed by atoms with Crippen LogP contribution in [0.25, 0.3) is 22.0 Å². The van der Waals surface area contributed by atoms with Crippen molar-refractivity contribution in [2.45, 2.75) is 31.4 Å². The third-order valence-corrected chi connectivity index (χ3v) is 4.76. The van der Waals surface area contributed by atoms with Crippen LogP contribution in [0, 0.1) is 0 Å². The molecule has 1 saturated carbocycles. The second-order valence-corrected chi connectivity index (χ2v) is 6.92. The molecule has 128 valence electrons. The molecule has 5 heteroatoms. The molecule has 0 radical (unpaired) electrons. The first-order valence-corrected chi connectivity index (χ1v) is 8.44. The van der Waals surface area contributed by atoms with E-state index in [-0.39, 0.29) is 6.04 Å². The minimum Gasteiger partial charge on any atom is -0.497 e. The quantitative estimate of drug-likeness (QED) is 0.762. The van der Waals surface area contributed by atoms with Crippen molar-refractivity contribution in [1.82, 2.24) is 10.2 Å². The summed E-state index contributed by atoms with van der Waals surface area (Å²) in [6.07, 6.45) is 1.45. The highest BCUT2D eigenvalue weighted by atomic mass is 16.5. The van der Waals surface area contributed by atoms with Crippen molar-refractivity contribution in [2.24, 2.45) is 0 Å². The molecule has 3 aromatic rings. The van der Waals surface area contributed by atoms with E-state index in [1.165, 1.54) is 0 Å². The highest BCUT2D eigenvalue weighted by Gasteiger charge is 2.38. The van der Waals surface area contributed by atoms with Gasteiger partial charge in [0.2, 0.25) is 0 Å². The van der Waals surface area contributed by atoms with Gasteiger partial charge in [0.1, 0.15) is 11.4 Å². The molecule has 5 nitrogen and oxygen atoms in total. The maximum atomic E-state index is 9.92. The number of nitrogens with zero attached hydrogens (tertiary/aromatic N) is 2. The number of hydrogen-bond donors (Lipinski definition) is 2. The van der Waals surface area contributed by atoms with Gasteiger partial charge in [0, 0.05) is 22.4 Å². The summed E-state index contributed by atoms with van der Waals surface area (Å²) in [5.74, 6) is 1.59. The zero-order valence-corrected chi connectivity index (χ0v) is 14.4. The van der Waals surface area contributed by atoms with E-state index in [2.05, 4.69) is 27.6 Å². The summed E-state index contributed by atoms with van der Waals surface area (Å²) in [6, 6.07) is 16.2. The molecule has 25 heavy (non-hydrogen) atoms. The Bertz CT molecular complexity index is 898. The van der Waals surface area contributed by atoms with Crippen molar-refractivity contribution >= 4 is 16.6 Å². The molecule has 0 amide bonds. The Hall–Kier alpha value is -2.66. The normalized spacial score (nSPS) is 22.4. The SMILES string of the molecule is COc1ccc(-c2nnc(NC3CC(C)(O)C3)c3ccccc23)cc1. The van der Waals surface area contributed by atoms with E-state index < -0.39 is 5.60 Å². The van der Waals surface area contributed by atoms with E-state index >= 15 is 0 Å². The Kier molecular flexibility index (Phi) is 3.81. The molecular formula is C20H21N3O2. The number of benzene rings is 2. The highest BCUT2D eigenvalue weighted by molar-refractivity contribution is 6.00. The molecule has 1 aliphatic rings. The van der Waals surface area contributed by atoms with E-state index in [0.29, 0.717) is 0 Å². The summed E-state index contributed by atoms with van der Waals surface area (Å²) in [7, 11) is 1.66. The summed E-state index contributed by atoms with van der Waals surface area (Å²) in [5, 5.41) is 24.3. The van der Waals surface area contributed by atoms with Crippen LogP contribution in [0.2, 0.25) is 0 Å². The summed E-state index contributed by atoms with van der Waals surface area (Å²) >= 11 is 0. The van der Waals surface area contributed by atoms with Crippen molar-refractivity contribution in [1.29, 1.82) is 0 Å². The Morgan fingerprint density at radius 2 is 1.72 bits per heavy atom. The minimum absolute atomic E-state index is 0.236. The number of anilines is 1. The number of aromatic nitrogens is 2. The van der Waals surface area contributed by atoms with Gasteiger partial charge in [0.15, 0.2) is 5.82 Å². The minimum atomic E-state index is -0.566. The van der Waals surface area contributed by atoms with Crippen LogP contribution in [0.4, 0.5) is 5.82 Å². The van der Waals surface area contributed by atoms with Gasteiger partial charge in [0.05, 0.1) is 12.7 Å². The standard InChI is InChI=1S/C20H21N3O2/c1-20(24)11-14(12-20)21-19-17-6-4-3-5-16(17)18(22-23-19)13-7-9-15(25-2)10-8-13/h3-10,14,24H,11-12H2,1-2H3,(H,21,23). The maximum Gasteiger partial charge on any atom is 0.156 e. The van der Waals surface area contributed by atoms with Gasteiger partial charge in [-0.05, 0) is 44.0 Å². The summed E-state index contributed by atoms with van der Waals surface area (Å²) < 4.78 is 5.22. The average Bonchev–Trinajstić information content (AvgIpc) is 2.60. The largest absolute Gasteiger partial charge is 0.497 e. The molecular weight excluding hydrogens is 314 g/mol. The molecule has 0 aliphatic heterocycles. The van der Waals surface area contributed by atoms with Crippen molar-refractivity contribution in [3.63, 3.8) is 0 Å². The molecule has 1 fully saturated rings. The summed E-state index contributed by atoms with van der Waals surface area (Å²) in [5.41, 5.74) is 1.29. The third kappa shape index (κ3) is 3.03. The van der Waals surface area contributed by atoms with Crippen LogP contribution in [0.1, 0.15) is 19.8 Å². The number of nitrogens with one attached hydrogen (secondary N) is 1. The van der Waals surface area contributed by atoms with Gasteiger partial charge >= 0.3 is 0 Å². The Morgan fingerprint density at radius 3 is 2.36 bits per heavy atom. The van der Waals surface area contributed by atoms with Crippen LogP contribution in [0.15, 0.2) is 48.5 Å². The zero-order valence-electron chi connectivity index (χ0n) is 14.4. The number of methoxy groups -OCH3 is 1. The van der Waals surface area contributed by atoms with Crippen LogP contribution in [-0.2, 0) is 0 Å². The van der Waals surface area contributed by atoms with Gasteiger partial charge in [-0.1, -0.05) is 24.3 Å². The lowest BCUT2D eigenvalue weighted by Crippen LogP contribution is -2.48. The van der Waals surface area contributed by atoms with Crippen LogP contribution in [-0.4, -0.2) is 34.1 Å². The maximum absolute atomic E-state index is 9.92. The molecule has 1 aromatic heterocycles. The van der Waals surface area contributed by atoms with Crippen LogP contribution < -0.4 is 10.1 Å². The molecule has 2 N–H and O–H groups in total. The smallest absolute Gasteiger partial charge is 0.156 e. The molecule has 4 rings (SSSR count). The number of ether oxygens (including phenoxy) is 1. The van der Waals surface area contributed by atoms with E-state index in [0.717, 1.165) is 46.4 Å². The number of rotatable bonds is 4. The predicted molar refractivity (Wildman–Crippen MR) is 98.8 cm³/mol. The fraction of sp³-hybridized carbons (Fsp3) is 0.300. The Labute approximate surface area is 146 Å². The van der Waals surface area contributed by atoms with Gasteiger partial charge in [0.25, 0.3) is 0 Å². The second kappa shape index (κ2) is 6.01. The van der Waals surface area contributed by atoms with Gasteiger partial charge in [-0.25, -0.2) is 0 Å². The number of aliphatic hydroxyl groups is 1. The monoisotopic (exact) mass is 335 g/mol. The molecule has 0 bridgehead atoms. The average molecular weight is 335 g/mol. The third-order valence-electron chi connectivity index (χ3n) is 4.76. The van der Waals surface area contributed by atoms with Gasteiger partial charge in [-0.15, -0.1) is 10.2 Å². The first-order valence-electron chi connectivity index (χ1n) is 8.44. The first kappa shape index (κ1) is 15.8. The molecule has 1 heterocycles. The fourth-order valence-corrected chi connectivity index (χ4v) is 3.47. The Balaban J connectivity index is 1.71. The van der Waals surface area contributed by atoms with Gasteiger partial charge < -0.3 is 15.2 Å². The molecule has 1 aliphatic carbocycles. The van der Waals surface area contributed by atoms with E-state index in [4.69, 9.17) is 4.74 Å². The summed E-state index contributed by atoms with van der Waals surface area (Å²) in [4.78, 5) is 0. The lowest BCUT2D eigenvalue weighted by molar-refractivity contribution is -0.0235. The van der Waals surface area contributed by atoms with Crippen molar-refractivity contribution < 1.29 is 9.84 Å². The van der Waals surface area contributed by atoms with Crippen molar-refractivity contribution in [2.75, 3.05) is 12.4 Å². The van der Waals surface area contributed by atoms with Gasteiger partial charge in [-0.2, -0.15) is 0 Å². The fourth-order valence-electron chi connectivity index (χ4n) is 3.47. The first-order chi connectivity index (χ1) is 12.1. The van der Waals surface area contributed by atoms with Crippen LogP contribution >= 0.6 is 0 Å². The van der Waals surface area contributed by atoms with E-state index in [1.54, 1.807) is 7.11 Å². The number of hydrogen-bond acceptors (Lipinski definition) is 5. The van der Waals surface area contributed by atoms with Crippen LogP contribution in [0.5, 0.6) is 5.75 Å². The molecule has 0 unspecified atom stereocenters. The second-order valence-electron chi connectivity index (χ2n) is 6.92. The van der Waals surface area contributed by atoms with Gasteiger partial charge in [-0.3, -0.25) is 0 Å². The summed E-state index contributed by atoms with van der Waals surface area (Å²) in [6.45, 7) is 1.86. The topological polar surface area (TPSA) is 67.3 Å². The van der Waals surface area contributed by atoms with Crippen molar-refractivity contribution in [3.8, 4) is 17.0 Å². The van der Waals surface area contributed by atoms with Crippen molar-refractivity contribution in [3.05, 3.63) is 48.5 Å². The Morgan fingerprint density at radius 1 is 1.04 bits per heavy atom. The molecule has 2 aromatic carbocycles. The van der Waals surface area contributed by atoms with E-state index in [1.807, 2.05) is 43.3 Å². The number of fused-ring (bicyclic) bond motifs is 1. The highest BCUT2D eigenvalue weighted by Crippen LogP contribution is 2.36. The predicted octanol–water partition coefficient (Wildman–Crippen LogP) is 3.63. The molecule has 0 spiro atoms.